The van der Waals surface area contributed by atoms with Crippen LogP contribution in [0, 0.1) is 0 Å². The number of para-hydroxylation sites is 1. The van der Waals surface area contributed by atoms with Crippen molar-refractivity contribution in [3.05, 3.63) is 59.4 Å². The first kappa shape index (κ1) is 13.6. The highest BCUT2D eigenvalue weighted by Crippen LogP contribution is 2.43. The van der Waals surface area contributed by atoms with E-state index >= 15 is 0 Å². The van der Waals surface area contributed by atoms with Gasteiger partial charge in [-0.3, -0.25) is 9.78 Å². The minimum Gasteiger partial charge on any atom is -0.325 e. The van der Waals surface area contributed by atoms with E-state index in [1.807, 2.05) is 0 Å². The van der Waals surface area contributed by atoms with Crippen LogP contribution < -0.4 is 5.32 Å². The van der Waals surface area contributed by atoms with Crippen molar-refractivity contribution in [1.29, 1.82) is 0 Å². The molecule has 1 atom stereocenters. The molecule has 0 spiro atoms. The van der Waals surface area contributed by atoms with Crippen LogP contribution >= 0.6 is 0 Å². The molecule has 2 heterocycles. The number of fused-ring (bicyclic) bond motifs is 1. The number of carbonyl (C=O) groups excluding carboxylic acids is 1. The van der Waals surface area contributed by atoms with Crippen molar-refractivity contribution in [2.75, 3.05) is 5.32 Å². The molecular formula is C15H11F3N2O. The van der Waals surface area contributed by atoms with Gasteiger partial charge >= 0.3 is 6.18 Å². The fourth-order valence-corrected chi connectivity index (χ4v) is 2.62. The Labute approximate surface area is 118 Å². The van der Waals surface area contributed by atoms with E-state index < -0.39 is 17.6 Å². The van der Waals surface area contributed by atoms with Crippen LogP contribution in [0.5, 0.6) is 0 Å². The number of anilines is 1. The molecule has 0 saturated carbocycles. The molecule has 1 aliphatic rings. The van der Waals surface area contributed by atoms with Crippen molar-refractivity contribution in [3.63, 3.8) is 0 Å². The monoisotopic (exact) mass is 292 g/mol. The molecule has 0 aliphatic carbocycles. The second-order valence-corrected chi connectivity index (χ2v) is 4.85. The summed E-state index contributed by atoms with van der Waals surface area (Å²) in [6, 6.07) is 7.40. The quantitative estimate of drug-likeness (QED) is 0.873. The molecule has 0 radical (unpaired) electrons. The third-order valence-electron chi connectivity index (χ3n) is 3.54. The highest BCUT2D eigenvalue weighted by Gasteiger charge is 2.38. The maximum Gasteiger partial charge on any atom is 0.418 e. The summed E-state index contributed by atoms with van der Waals surface area (Å²) in [4.78, 5) is 15.7. The minimum absolute atomic E-state index is 0.123. The molecule has 1 aliphatic heterocycles. The van der Waals surface area contributed by atoms with Gasteiger partial charge in [0, 0.05) is 24.7 Å². The Hall–Kier alpha value is -2.37. The summed E-state index contributed by atoms with van der Waals surface area (Å²) in [5.41, 5.74) is 0.311. The van der Waals surface area contributed by atoms with Crippen LogP contribution in [-0.2, 0) is 11.0 Å². The standard InChI is InChI=1S/C15H11F3N2O/c16-15(17,18)12-3-1-2-10-11(8-13(21)20-14(10)12)9-4-6-19-7-5-9/h1-7,11H,8H2,(H,20,21). The second kappa shape index (κ2) is 4.87. The Kier molecular flexibility index (Phi) is 3.16. The molecular weight excluding hydrogens is 281 g/mol. The number of amides is 1. The summed E-state index contributed by atoms with van der Waals surface area (Å²) in [7, 11) is 0. The zero-order valence-electron chi connectivity index (χ0n) is 10.8. The van der Waals surface area contributed by atoms with Crippen molar-refractivity contribution in [3.8, 4) is 0 Å². The van der Waals surface area contributed by atoms with Gasteiger partial charge in [-0.1, -0.05) is 12.1 Å². The molecule has 1 amide bonds. The smallest absolute Gasteiger partial charge is 0.325 e. The number of halogens is 3. The Morgan fingerprint density at radius 2 is 1.86 bits per heavy atom. The molecule has 3 nitrogen and oxygen atoms in total. The molecule has 1 aromatic carbocycles. The number of carbonyl (C=O) groups is 1. The van der Waals surface area contributed by atoms with Crippen molar-refractivity contribution >= 4 is 11.6 Å². The summed E-state index contributed by atoms with van der Waals surface area (Å²) >= 11 is 0. The lowest BCUT2D eigenvalue weighted by Gasteiger charge is -2.28. The van der Waals surface area contributed by atoms with Crippen molar-refractivity contribution in [2.24, 2.45) is 0 Å². The van der Waals surface area contributed by atoms with E-state index in [9.17, 15) is 18.0 Å². The first-order chi connectivity index (χ1) is 9.97. The fraction of sp³-hybridized carbons (Fsp3) is 0.200. The summed E-state index contributed by atoms with van der Waals surface area (Å²) < 4.78 is 39.2. The van der Waals surface area contributed by atoms with Crippen LogP contribution in [0.1, 0.15) is 29.0 Å². The van der Waals surface area contributed by atoms with Gasteiger partial charge in [0.05, 0.1) is 11.3 Å². The van der Waals surface area contributed by atoms with Gasteiger partial charge in [-0.05, 0) is 29.3 Å². The van der Waals surface area contributed by atoms with Crippen LogP contribution in [0.3, 0.4) is 0 Å². The van der Waals surface area contributed by atoms with E-state index in [4.69, 9.17) is 0 Å². The second-order valence-electron chi connectivity index (χ2n) is 4.85. The van der Waals surface area contributed by atoms with E-state index in [1.165, 1.54) is 6.07 Å². The lowest BCUT2D eigenvalue weighted by Crippen LogP contribution is -2.26. The minimum atomic E-state index is -4.50. The Balaban J connectivity index is 2.16. The van der Waals surface area contributed by atoms with Gasteiger partial charge < -0.3 is 5.32 Å². The van der Waals surface area contributed by atoms with Crippen molar-refractivity contribution < 1.29 is 18.0 Å². The molecule has 6 heteroatoms. The molecule has 1 N–H and O–H groups in total. The molecule has 2 aromatic rings. The van der Waals surface area contributed by atoms with E-state index in [0.717, 1.165) is 11.6 Å². The zero-order valence-corrected chi connectivity index (χ0v) is 10.8. The highest BCUT2D eigenvalue weighted by molar-refractivity contribution is 5.96. The van der Waals surface area contributed by atoms with Gasteiger partial charge in [-0.25, -0.2) is 0 Å². The molecule has 21 heavy (non-hydrogen) atoms. The van der Waals surface area contributed by atoms with Gasteiger partial charge in [-0.15, -0.1) is 0 Å². The SMILES string of the molecule is O=C1CC(c2ccncc2)c2cccc(C(F)(F)F)c2N1. The van der Waals surface area contributed by atoms with Crippen LogP contribution in [0.2, 0.25) is 0 Å². The van der Waals surface area contributed by atoms with Crippen LogP contribution in [0.25, 0.3) is 0 Å². The third-order valence-corrected chi connectivity index (χ3v) is 3.54. The normalized spacial score (nSPS) is 18.0. The van der Waals surface area contributed by atoms with Crippen molar-refractivity contribution in [2.45, 2.75) is 18.5 Å². The molecule has 0 bridgehead atoms. The highest BCUT2D eigenvalue weighted by atomic mass is 19.4. The van der Waals surface area contributed by atoms with Crippen LogP contribution in [0.15, 0.2) is 42.7 Å². The van der Waals surface area contributed by atoms with E-state index in [0.29, 0.717) is 5.56 Å². The maximum atomic E-state index is 13.1. The fourth-order valence-electron chi connectivity index (χ4n) is 2.62. The lowest BCUT2D eigenvalue weighted by molar-refractivity contribution is -0.137. The van der Waals surface area contributed by atoms with E-state index in [-0.39, 0.29) is 18.0 Å². The predicted molar refractivity (Wildman–Crippen MR) is 70.8 cm³/mol. The zero-order chi connectivity index (χ0) is 15.0. The topological polar surface area (TPSA) is 42.0 Å². The Morgan fingerprint density at radius 3 is 2.52 bits per heavy atom. The first-order valence-electron chi connectivity index (χ1n) is 6.36. The van der Waals surface area contributed by atoms with Gasteiger partial charge in [0.1, 0.15) is 0 Å². The Bertz CT molecular complexity index is 683. The molecule has 108 valence electrons. The van der Waals surface area contributed by atoms with Crippen molar-refractivity contribution in [1.82, 2.24) is 4.98 Å². The average Bonchev–Trinajstić information content (AvgIpc) is 2.45. The van der Waals surface area contributed by atoms with Crippen LogP contribution in [0.4, 0.5) is 18.9 Å². The van der Waals surface area contributed by atoms with Gasteiger partial charge in [-0.2, -0.15) is 13.2 Å². The van der Waals surface area contributed by atoms with Crippen LogP contribution in [-0.4, -0.2) is 10.9 Å². The number of hydrogen-bond donors (Lipinski definition) is 1. The van der Waals surface area contributed by atoms with E-state index in [1.54, 1.807) is 30.6 Å². The average molecular weight is 292 g/mol. The third kappa shape index (κ3) is 2.49. The number of alkyl halides is 3. The molecule has 0 saturated heterocycles. The summed E-state index contributed by atoms with van der Waals surface area (Å²) in [6.07, 6.45) is -1.25. The summed E-state index contributed by atoms with van der Waals surface area (Å²) in [5, 5.41) is 2.36. The number of aromatic nitrogens is 1. The largest absolute Gasteiger partial charge is 0.418 e. The number of pyridine rings is 1. The molecule has 0 fully saturated rings. The Morgan fingerprint density at radius 1 is 1.14 bits per heavy atom. The molecule has 1 aromatic heterocycles. The predicted octanol–water partition coefficient (Wildman–Crippen LogP) is 3.57. The summed E-state index contributed by atoms with van der Waals surface area (Å²) in [5.74, 6) is -0.805. The number of nitrogens with zero attached hydrogens (tertiary/aromatic N) is 1. The number of nitrogens with one attached hydrogen (secondary N) is 1. The number of benzene rings is 1. The first-order valence-corrected chi connectivity index (χ1v) is 6.36. The number of rotatable bonds is 1. The summed E-state index contributed by atoms with van der Waals surface area (Å²) in [6.45, 7) is 0. The molecule has 1 unspecified atom stereocenters. The lowest BCUT2D eigenvalue weighted by atomic mass is 9.84. The van der Waals surface area contributed by atoms with Gasteiger partial charge in [0.2, 0.25) is 5.91 Å². The maximum absolute atomic E-state index is 13.1. The van der Waals surface area contributed by atoms with Gasteiger partial charge in [0.25, 0.3) is 0 Å². The molecule has 3 rings (SSSR count). The number of hydrogen-bond acceptors (Lipinski definition) is 2. The van der Waals surface area contributed by atoms with Gasteiger partial charge in [0.15, 0.2) is 0 Å². The van der Waals surface area contributed by atoms with E-state index in [2.05, 4.69) is 10.3 Å².